The summed E-state index contributed by atoms with van der Waals surface area (Å²) in [6.07, 6.45) is 1.60. The van der Waals surface area contributed by atoms with Crippen molar-refractivity contribution in [3.05, 3.63) is 99.7 Å². The number of aromatic carboxylic acids is 1. The van der Waals surface area contributed by atoms with Gasteiger partial charge in [0.15, 0.2) is 0 Å². The number of aliphatic hydroxyl groups is 1. The van der Waals surface area contributed by atoms with Crippen molar-refractivity contribution in [2.75, 3.05) is 0 Å². The van der Waals surface area contributed by atoms with Crippen LogP contribution in [0.25, 0.3) is 10.9 Å². The van der Waals surface area contributed by atoms with E-state index in [2.05, 4.69) is 0 Å². The van der Waals surface area contributed by atoms with Crippen molar-refractivity contribution in [1.29, 1.82) is 0 Å². The Bertz CT molecular complexity index is 1330. The molecule has 0 amide bonds. The van der Waals surface area contributed by atoms with Gasteiger partial charge in [0.25, 0.3) is 0 Å². The zero-order valence-corrected chi connectivity index (χ0v) is 20.4. The van der Waals surface area contributed by atoms with Crippen molar-refractivity contribution >= 4 is 28.5 Å². The van der Waals surface area contributed by atoms with Crippen LogP contribution < -0.4 is 39.4 Å². The molecule has 5 nitrogen and oxygen atoms in total. The SMILES string of the molecule is O=C([O-])c1cccc2c1c(CO)cn2Cc1cc(F)ccc1OCc1ccc(Cl)cc1F.[Na+]. The van der Waals surface area contributed by atoms with E-state index in [0.29, 0.717) is 27.8 Å². The minimum Gasteiger partial charge on any atom is -0.545 e. The third-order valence-corrected chi connectivity index (χ3v) is 5.37. The van der Waals surface area contributed by atoms with Gasteiger partial charge in [-0.15, -0.1) is 0 Å². The van der Waals surface area contributed by atoms with Crippen molar-refractivity contribution in [2.45, 2.75) is 19.8 Å². The van der Waals surface area contributed by atoms with Gasteiger partial charge in [-0.3, -0.25) is 0 Å². The van der Waals surface area contributed by atoms with E-state index in [9.17, 15) is 23.8 Å². The van der Waals surface area contributed by atoms with Crippen molar-refractivity contribution in [3.63, 3.8) is 0 Å². The van der Waals surface area contributed by atoms with Gasteiger partial charge in [-0.1, -0.05) is 29.8 Å². The Hall–Kier alpha value is -2.42. The molecule has 0 aliphatic rings. The average molecular weight is 480 g/mol. The second-order valence-corrected chi connectivity index (χ2v) is 7.64. The van der Waals surface area contributed by atoms with Crippen LogP contribution in [0.5, 0.6) is 5.75 Å². The number of carbonyl (C=O) groups is 1. The maximum atomic E-state index is 14.1. The predicted octanol–water partition coefficient (Wildman–Crippen LogP) is 1.06. The van der Waals surface area contributed by atoms with Crippen molar-refractivity contribution < 1.29 is 58.1 Å². The van der Waals surface area contributed by atoms with Crippen molar-refractivity contribution in [2.24, 2.45) is 0 Å². The van der Waals surface area contributed by atoms with Crippen LogP contribution in [0.15, 0.2) is 60.8 Å². The number of carboxylic acid groups (broad SMARTS) is 1. The number of fused-ring (bicyclic) bond motifs is 1. The largest absolute Gasteiger partial charge is 1.00 e. The summed E-state index contributed by atoms with van der Waals surface area (Å²) in [7, 11) is 0. The Morgan fingerprint density at radius 3 is 2.55 bits per heavy atom. The van der Waals surface area contributed by atoms with Crippen molar-refractivity contribution in [1.82, 2.24) is 4.57 Å². The van der Waals surface area contributed by atoms with Gasteiger partial charge in [0.2, 0.25) is 0 Å². The fourth-order valence-electron chi connectivity index (χ4n) is 3.65. The molecule has 33 heavy (non-hydrogen) atoms. The van der Waals surface area contributed by atoms with Crippen molar-refractivity contribution in [3.8, 4) is 5.75 Å². The Balaban J connectivity index is 0.00000306. The first-order valence-electron chi connectivity index (χ1n) is 9.65. The summed E-state index contributed by atoms with van der Waals surface area (Å²) >= 11 is 5.78. The van der Waals surface area contributed by atoms with E-state index >= 15 is 0 Å². The molecule has 1 heterocycles. The zero-order valence-electron chi connectivity index (χ0n) is 17.6. The Kier molecular flexibility index (Phi) is 8.15. The fourth-order valence-corrected chi connectivity index (χ4v) is 3.81. The molecule has 0 aliphatic heterocycles. The quantitative estimate of drug-likeness (QED) is 0.402. The first-order chi connectivity index (χ1) is 15.4. The molecule has 0 unspecified atom stereocenters. The van der Waals surface area contributed by atoms with Crippen LogP contribution in [-0.4, -0.2) is 15.6 Å². The minimum absolute atomic E-state index is 0. The first kappa shape index (κ1) is 25.2. The maximum Gasteiger partial charge on any atom is 1.00 e. The van der Waals surface area contributed by atoms with E-state index < -0.39 is 17.6 Å². The summed E-state index contributed by atoms with van der Waals surface area (Å²) in [5.74, 6) is -2.02. The van der Waals surface area contributed by atoms with Crippen LogP contribution in [-0.2, 0) is 19.8 Å². The molecule has 0 saturated carbocycles. The molecule has 0 atom stereocenters. The molecule has 1 N–H and O–H groups in total. The van der Waals surface area contributed by atoms with Gasteiger partial charge in [0.05, 0.1) is 19.1 Å². The fraction of sp³-hybridized carbons (Fsp3) is 0.125. The van der Waals surface area contributed by atoms with Gasteiger partial charge in [-0.25, -0.2) is 8.78 Å². The second kappa shape index (κ2) is 10.7. The van der Waals surface area contributed by atoms with Gasteiger partial charge in [-0.05, 0) is 36.4 Å². The minimum atomic E-state index is -1.36. The third kappa shape index (κ3) is 5.39. The summed E-state index contributed by atoms with van der Waals surface area (Å²) in [6.45, 7) is -0.343. The van der Waals surface area contributed by atoms with Gasteiger partial charge in [0.1, 0.15) is 24.0 Å². The van der Waals surface area contributed by atoms with Crippen LogP contribution >= 0.6 is 11.6 Å². The number of aliphatic hydroxyl groups excluding tert-OH is 1. The maximum absolute atomic E-state index is 14.1. The smallest absolute Gasteiger partial charge is 0.545 e. The third-order valence-electron chi connectivity index (χ3n) is 5.14. The number of hydrogen-bond acceptors (Lipinski definition) is 4. The molecule has 4 rings (SSSR count). The van der Waals surface area contributed by atoms with E-state index in [-0.39, 0.29) is 65.5 Å². The van der Waals surface area contributed by atoms with Crippen LogP contribution in [0.1, 0.15) is 27.0 Å². The number of rotatable bonds is 7. The summed E-state index contributed by atoms with van der Waals surface area (Å²) in [5.41, 5.74) is 1.65. The number of aromatic nitrogens is 1. The molecule has 0 saturated heterocycles. The molecule has 164 valence electrons. The molecule has 0 fully saturated rings. The summed E-state index contributed by atoms with van der Waals surface area (Å²) in [6, 6.07) is 12.9. The van der Waals surface area contributed by atoms with Gasteiger partial charge in [-0.2, -0.15) is 0 Å². The molecular formula is C24H17ClF2NNaO4. The van der Waals surface area contributed by atoms with E-state index in [0.717, 1.165) is 0 Å². The molecule has 9 heteroatoms. The number of ether oxygens (including phenoxy) is 1. The second-order valence-electron chi connectivity index (χ2n) is 7.20. The predicted molar refractivity (Wildman–Crippen MR) is 113 cm³/mol. The summed E-state index contributed by atoms with van der Waals surface area (Å²) in [4.78, 5) is 11.5. The Morgan fingerprint density at radius 2 is 1.85 bits per heavy atom. The van der Waals surface area contributed by atoms with Crippen LogP contribution in [0, 0.1) is 11.6 Å². The first-order valence-corrected chi connectivity index (χ1v) is 10.0. The number of benzene rings is 3. The molecule has 0 radical (unpaired) electrons. The van der Waals surface area contributed by atoms with Gasteiger partial charge in [0, 0.05) is 44.4 Å². The van der Waals surface area contributed by atoms with E-state index in [1.807, 2.05) is 0 Å². The molecular weight excluding hydrogens is 463 g/mol. The van der Waals surface area contributed by atoms with E-state index in [1.165, 1.54) is 36.4 Å². The number of hydrogen-bond donors (Lipinski definition) is 1. The normalized spacial score (nSPS) is 10.8. The van der Waals surface area contributed by atoms with Crippen LogP contribution in [0.3, 0.4) is 0 Å². The molecule has 0 bridgehead atoms. The Labute approximate surface area is 215 Å². The topological polar surface area (TPSA) is 74.5 Å². The average Bonchev–Trinajstić information content (AvgIpc) is 3.12. The summed E-state index contributed by atoms with van der Waals surface area (Å²) in [5, 5.41) is 21.9. The number of carbonyl (C=O) groups excluding carboxylic acids is 1. The zero-order chi connectivity index (χ0) is 22.8. The van der Waals surface area contributed by atoms with Crippen LogP contribution in [0.4, 0.5) is 8.78 Å². The number of carboxylic acids is 1. The Morgan fingerprint density at radius 1 is 1.06 bits per heavy atom. The number of halogens is 3. The van der Waals surface area contributed by atoms with E-state index in [4.69, 9.17) is 16.3 Å². The standard InChI is InChI=1S/C24H18ClF2NO4.Na/c25-17-5-4-14(20(27)9-17)13-32-22-7-6-18(26)8-15(22)10-28-11-16(12-29)23-19(24(30)31)2-1-3-21(23)28;/h1-9,11,29H,10,12-13H2,(H,30,31);/q;+1/p-1. The molecule has 0 spiro atoms. The van der Waals surface area contributed by atoms with Crippen LogP contribution in [0.2, 0.25) is 5.02 Å². The van der Waals surface area contributed by atoms with Gasteiger partial charge >= 0.3 is 29.6 Å². The summed E-state index contributed by atoms with van der Waals surface area (Å²) < 4.78 is 35.5. The molecule has 0 aliphatic carbocycles. The van der Waals surface area contributed by atoms with Gasteiger partial charge < -0.3 is 24.3 Å². The monoisotopic (exact) mass is 479 g/mol. The number of nitrogens with zero attached hydrogens (tertiary/aromatic N) is 1. The molecule has 1 aromatic heterocycles. The molecule has 3 aromatic carbocycles. The van der Waals surface area contributed by atoms with E-state index in [1.54, 1.807) is 29.0 Å². The molecule has 4 aromatic rings.